The van der Waals surface area contributed by atoms with Gasteiger partial charge in [0.25, 0.3) is 0 Å². The Hall–Kier alpha value is -3.28. The van der Waals surface area contributed by atoms with Gasteiger partial charge in [0, 0.05) is 37.0 Å². The molecule has 0 spiro atoms. The molecular formula is C24H28F5N7. The Labute approximate surface area is 205 Å². The molecule has 12 heteroatoms. The molecular weight excluding hydrogens is 481 g/mol. The van der Waals surface area contributed by atoms with Gasteiger partial charge >= 0.3 is 6.18 Å². The second kappa shape index (κ2) is 10.00. The zero-order valence-electron chi connectivity index (χ0n) is 19.9. The topological polar surface area (TPSA) is 98.9 Å². The number of anilines is 2. The molecule has 0 bridgehead atoms. The third-order valence-corrected chi connectivity index (χ3v) is 6.39. The van der Waals surface area contributed by atoms with Gasteiger partial charge in [-0.05, 0) is 30.5 Å². The molecule has 2 atom stereocenters. The number of nitrogen functional groups attached to an aromatic ring is 1. The highest BCUT2D eigenvalue weighted by Gasteiger charge is 2.37. The lowest BCUT2D eigenvalue weighted by Gasteiger charge is -2.36. The van der Waals surface area contributed by atoms with Crippen LogP contribution in [0.5, 0.6) is 0 Å². The van der Waals surface area contributed by atoms with Crippen LogP contribution in [0.15, 0.2) is 30.7 Å². The highest BCUT2D eigenvalue weighted by molar-refractivity contribution is 5.61. The molecule has 194 valence electrons. The first-order valence-corrected chi connectivity index (χ1v) is 11.6. The Morgan fingerprint density at radius 1 is 1.19 bits per heavy atom. The highest BCUT2D eigenvalue weighted by atomic mass is 19.4. The molecule has 0 saturated carbocycles. The number of aromatic nitrogens is 4. The van der Waals surface area contributed by atoms with Crippen molar-refractivity contribution >= 4 is 11.6 Å². The van der Waals surface area contributed by atoms with Crippen LogP contribution in [0.4, 0.5) is 33.6 Å². The molecule has 2 unspecified atom stereocenters. The van der Waals surface area contributed by atoms with E-state index in [0.717, 1.165) is 17.7 Å². The van der Waals surface area contributed by atoms with Crippen molar-refractivity contribution in [2.75, 3.05) is 30.3 Å². The third-order valence-electron chi connectivity index (χ3n) is 6.39. The first kappa shape index (κ1) is 25.8. The molecule has 1 fully saturated rings. The predicted molar refractivity (Wildman–Crippen MR) is 127 cm³/mol. The Balaban J connectivity index is 1.64. The number of hydrogen-bond donors (Lipinski definition) is 2. The van der Waals surface area contributed by atoms with Gasteiger partial charge in [-0.25, -0.2) is 23.7 Å². The SMILES string of the molecule is CC(C)c1c(N)ncnc1N1CCC(c2nc(-c3ccc(F)c(C(F)(F)F)c3)cn2CCN)C(F)C1. The smallest absolute Gasteiger partial charge is 0.383 e. The number of nitrogens with two attached hydrogens (primary N) is 2. The van der Waals surface area contributed by atoms with Crippen molar-refractivity contribution in [2.45, 2.75) is 51.0 Å². The molecule has 36 heavy (non-hydrogen) atoms. The number of rotatable bonds is 6. The number of nitrogens with zero attached hydrogens (tertiary/aromatic N) is 5. The molecule has 3 aromatic rings. The summed E-state index contributed by atoms with van der Waals surface area (Å²) in [5.41, 5.74) is 11.4. The lowest BCUT2D eigenvalue weighted by molar-refractivity contribution is -0.139. The molecule has 0 aliphatic carbocycles. The van der Waals surface area contributed by atoms with Crippen molar-refractivity contribution in [3.8, 4) is 11.3 Å². The first-order valence-electron chi connectivity index (χ1n) is 11.6. The molecule has 3 heterocycles. The van der Waals surface area contributed by atoms with Crippen LogP contribution < -0.4 is 16.4 Å². The van der Waals surface area contributed by atoms with Gasteiger partial charge in [0.15, 0.2) is 0 Å². The van der Waals surface area contributed by atoms with Crippen LogP contribution in [0.1, 0.15) is 49.1 Å². The van der Waals surface area contributed by atoms with Crippen molar-refractivity contribution in [1.82, 2.24) is 19.5 Å². The maximum absolute atomic E-state index is 15.6. The number of hydrogen-bond acceptors (Lipinski definition) is 6. The van der Waals surface area contributed by atoms with E-state index in [4.69, 9.17) is 11.5 Å². The van der Waals surface area contributed by atoms with Crippen molar-refractivity contribution in [2.24, 2.45) is 5.73 Å². The van der Waals surface area contributed by atoms with E-state index in [0.29, 0.717) is 37.0 Å². The molecule has 0 radical (unpaired) electrons. The van der Waals surface area contributed by atoms with Crippen molar-refractivity contribution in [3.05, 3.63) is 53.5 Å². The summed E-state index contributed by atoms with van der Waals surface area (Å²) in [5.74, 6) is -0.586. The summed E-state index contributed by atoms with van der Waals surface area (Å²) in [6, 6.07) is 2.71. The number of piperidine rings is 1. The lowest BCUT2D eigenvalue weighted by atomic mass is 9.93. The maximum atomic E-state index is 15.6. The predicted octanol–water partition coefficient (Wildman–Crippen LogP) is 4.49. The second-order valence-corrected chi connectivity index (χ2v) is 9.17. The summed E-state index contributed by atoms with van der Waals surface area (Å²) in [6.07, 6.45) is -2.90. The van der Waals surface area contributed by atoms with E-state index >= 15 is 4.39 Å². The van der Waals surface area contributed by atoms with Gasteiger partial charge in [0.1, 0.15) is 35.8 Å². The normalized spacial score (nSPS) is 18.8. The first-order chi connectivity index (χ1) is 17.0. The van der Waals surface area contributed by atoms with Gasteiger partial charge in [0.2, 0.25) is 0 Å². The Morgan fingerprint density at radius 3 is 2.58 bits per heavy atom. The van der Waals surface area contributed by atoms with E-state index in [-0.39, 0.29) is 30.3 Å². The van der Waals surface area contributed by atoms with E-state index in [1.54, 1.807) is 4.57 Å². The van der Waals surface area contributed by atoms with E-state index in [9.17, 15) is 17.6 Å². The number of benzene rings is 1. The largest absolute Gasteiger partial charge is 0.419 e. The van der Waals surface area contributed by atoms with Gasteiger partial charge in [0.05, 0.1) is 23.7 Å². The summed E-state index contributed by atoms with van der Waals surface area (Å²) in [7, 11) is 0. The number of alkyl halides is 4. The molecule has 2 aromatic heterocycles. The van der Waals surface area contributed by atoms with Crippen molar-refractivity contribution in [1.29, 1.82) is 0 Å². The minimum Gasteiger partial charge on any atom is -0.383 e. The molecule has 1 aromatic carbocycles. The summed E-state index contributed by atoms with van der Waals surface area (Å²) in [6.45, 7) is 4.98. The van der Waals surface area contributed by atoms with Crippen molar-refractivity contribution < 1.29 is 22.0 Å². The summed E-state index contributed by atoms with van der Waals surface area (Å²) in [5, 5.41) is 0. The molecule has 1 saturated heterocycles. The Kier molecular flexibility index (Phi) is 7.17. The van der Waals surface area contributed by atoms with Gasteiger partial charge < -0.3 is 20.9 Å². The average molecular weight is 510 g/mol. The third kappa shape index (κ3) is 4.99. The zero-order chi connectivity index (χ0) is 26.2. The minimum atomic E-state index is -4.85. The van der Waals surface area contributed by atoms with Crippen LogP contribution in [0.25, 0.3) is 11.3 Å². The minimum absolute atomic E-state index is 0.0419. The zero-order valence-corrected chi connectivity index (χ0v) is 19.9. The van der Waals surface area contributed by atoms with E-state index in [2.05, 4.69) is 15.0 Å². The van der Waals surface area contributed by atoms with Crippen molar-refractivity contribution in [3.63, 3.8) is 0 Å². The molecule has 7 nitrogen and oxygen atoms in total. The fourth-order valence-electron chi connectivity index (χ4n) is 4.68. The number of imidazole rings is 1. The van der Waals surface area contributed by atoms with Gasteiger partial charge in [-0.15, -0.1) is 0 Å². The van der Waals surface area contributed by atoms with Crippen LogP contribution in [0, 0.1) is 5.82 Å². The average Bonchev–Trinajstić information content (AvgIpc) is 3.22. The van der Waals surface area contributed by atoms with Crippen LogP contribution in [0.2, 0.25) is 0 Å². The molecule has 4 N–H and O–H groups in total. The molecule has 1 aliphatic rings. The van der Waals surface area contributed by atoms with Crippen LogP contribution in [-0.4, -0.2) is 45.3 Å². The summed E-state index contributed by atoms with van der Waals surface area (Å²) < 4.78 is 70.7. The molecule has 4 rings (SSSR count). The quantitative estimate of drug-likeness (QED) is 0.475. The van der Waals surface area contributed by atoms with Crippen LogP contribution in [0.3, 0.4) is 0 Å². The van der Waals surface area contributed by atoms with E-state index in [1.807, 2.05) is 18.7 Å². The van der Waals surface area contributed by atoms with E-state index < -0.39 is 29.6 Å². The number of halogens is 5. The summed E-state index contributed by atoms with van der Waals surface area (Å²) in [4.78, 5) is 14.7. The highest BCUT2D eigenvalue weighted by Crippen LogP contribution is 2.38. The Bertz CT molecular complexity index is 1220. The molecule has 0 amide bonds. The molecule has 1 aliphatic heterocycles. The lowest BCUT2D eigenvalue weighted by Crippen LogP contribution is -2.42. The maximum Gasteiger partial charge on any atom is 0.419 e. The standard InChI is InChI=1S/C24H28F5N7/c1-13(2)20-21(31)32-12-33-23(20)35-7-5-15(18(26)10-35)22-34-19(11-36(22)8-6-30)14-3-4-17(25)16(9-14)24(27,28)29/h3-4,9,11-13,15,18H,5-8,10,30H2,1-2H3,(H2,31,32,33). The van der Waals surface area contributed by atoms with E-state index in [1.165, 1.54) is 18.6 Å². The summed E-state index contributed by atoms with van der Waals surface area (Å²) >= 11 is 0. The van der Waals surface area contributed by atoms with Gasteiger partial charge in [-0.3, -0.25) is 0 Å². The van der Waals surface area contributed by atoms with Gasteiger partial charge in [-0.1, -0.05) is 13.8 Å². The van der Waals surface area contributed by atoms with Crippen LogP contribution >= 0.6 is 0 Å². The van der Waals surface area contributed by atoms with Gasteiger partial charge in [-0.2, -0.15) is 13.2 Å². The van der Waals surface area contributed by atoms with Crippen LogP contribution in [-0.2, 0) is 12.7 Å². The Morgan fingerprint density at radius 2 is 1.94 bits per heavy atom. The monoisotopic (exact) mass is 509 g/mol. The fourth-order valence-corrected chi connectivity index (χ4v) is 4.68. The second-order valence-electron chi connectivity index (χ2n) is 9.17. The fraction of sp³-hybridized carbons (Fsp3) is 0.458.